The van der Waals surface area contributed by atoms with Crippen LogP contribution in [0, 0.1) is 0 Å². The summed E-state index contributed by atoms with van der Waals surface area (Å²) in [6.45, 7) is 2.68. The van der Waals surface area contributed by atoms with Gasteiger partial charge in [-0.3, -0.25) is 0 Å². The SMILES string of the molecule is Nc1cccc(OCCNC(=O)N2CCCCCC2)c1. The highest BCUT2D eigenvalue weighted by Crippen LogP contribution is 2.14. The molecule has 0 atom stereocenters. The number of hydrogen-bond donors (Lipinski definition) is 2. The molecular formula is C15H23N3O2. The number of nitrogens with one attached hydrogen (secondary N) is 1. The monoisotopic (exact) mass is 277 g/mol. The lowest BCUT2D eigenvalue weighted by molar-refractivity contribution is 0.196. The van der Waals surface area contributed by atoms with E-state index in [0.29, 0.717) is 18.8 Å². The van der Waals surface area contributed by atoms with Crippen molar-refractivity contribution in [1.29, 1.82) is 0 Å². The van der Waals surface area contributed by atoms with E-state index in [-0.39, 0.29) is 6.03 Å². The van der Waals surface area contributed by atoms with Crippen LogP contribution in [0.4, 0.5) is 10.5 Å². The summed E-state index contributed by atoms with van der Waals surface area (Å²) in [7, 11) is 0. The van der Waals surface area contributed by atoms with E-state index < -0.39 is 0 Å². The van der Waals surface area contributed by atoms with Crippen LogP contribution in [0.15, 0.2) is 24.3 Å². The maximum absolute atomic E-state index is 12.0. The molecule has 0 radical (unpaired) electrons. The highest BCUT2D eigenvalue weighted by molar-refractivity contribution is 5.74. The molecule has 2 amide bonds. The average Bonchev–Trinajstić information content (AvgIpc) is 2.72. The highest BCUT2D eigenvalue weighted by atomic mass is 16.5. The molecule has 1 aromatic carbocycles. The molecule has 1 saturated heterocycles. The molecule has 5 nitrogen and oxygen atoms in total. The summed E-state index contributed by atoms with van der Waals surface area (Å²) in [5.74, 6) is 0.731. The van der Waals surface area contributed by atoms with Gasteiger partial charge in [-0.1, -0.05) is 18.9 Å². The lowest BCUT2D eigenvalue weighted by Crippen LogP contribution is -2.41. The van der Waals surface area contributed by atoms with Crippen molar-refractivity contribution < 1.29 is 9.53 Å². The molecule has 110 valence electrons. The first kappa shape index (κ1) is 14.5. The molecule has 0 aliphatic carbocycles. The zero-order valence-electron chi connectivity index (χ0n) is 11.8. The van der Waals surface area contributed by atoms with Crippen LogP contribution in [0.25, 0.3) is 0 Å². The molecule has 3 N–H and O–H groups in total. The second-order valence-electron chi connectivity index (χ2n) is 5.05. The van der Waals surface area contributed by atoms with Gasteiger partial charge in [-0.05, 0) is 25.0 Å². The largest absolute Gasteiger partial charge is 0.492 e. The van der Waals surface area contributed by atoms with Crippen molar-refractivity contribution in [3.8, 4) is 5.75 Å². The Morgan fingerprint density at radius 2 is 2.00 bits per heavy atom. The summed E-state index contributed by atoms with van der Waals surface area (Å²) in [4.78, 5) is 13.9. The summed E-state index contributed by atoms with van der Waals surface area (Å²) in [5, 5.41) is 2.90. The molecule has 5 heteroatoms. The van der Waals surface area contributed by atoms with Crippen LogP contribution in [0.3, 0.4) is 0 Å². The number of anilines is 1. The Hall–Kier alpha value is -1.91. The molecule has 1 heterocycles. The molecule has 1 aliphatic rings. The van der Waals surface area contributed by atoms with Gasteiger partial charge in [0.2, 0.25) is 0 Å². The van der Waals surface area contributed by atoms with Crippen LogP contribution in [0.2, 0.25) is 0 Å². The standard InChI is InChI=1S/C15H23N3O2/c16-13-6-5-7-14(12-13)20-11-8-17-15(19)18-9-3-1-2-4-10-18/h5-7,12H,1-4,8-11,16H2,(H,17,19). The first-order valence-electron chi connectivity index (χ1n) is 7.27. The number of urea groups is 1. The molecule has 1 aromatic rings. The molecule has 0 spiro atoms. The molecule has 0 saturated carbocycles. The summed E-state index contributed by atoms with van der Waals surface area (Å²) in [5.41, 5.74) is 6.34. The van der Waals surface area contributed by atoms with E-state index in [0.717, 1.165) is 31.7 Å². The Morgan fingerprint density at radius 3 is 2.70 bits per heavy atom. The number of carbonyl (C=O) groups excluding carboxylic acids is 1. The molecule has 0 unspecified atom stereocenters. The van der Waals surface area contributed by atoms with Gasteiger partial charge in [0.15, 0.2) is 0 Å². The number of benzene rings is 1. The van der Waals surface area contributed by atoms with Gasteiger partial charge in [-0.25, -0.2) is 4.79 Å². The third kappa shape index (κ3) is 4.64. The maximum Gasteiger partial charge on any atom is 0.317 e. The molecule has 0 aromatic heterocycles. The summed E-state index contributed by atoms with van der Waals surface area (Å²) in [6, 6.07) is 7.31. The van der Waals surface area contributed by atoms with Crippen molar-refractivity contribution in [1.82, 2.24) is 10.2 Å². The Bertz CT molecular complexity index is 429. The number of hydrogen-bond acceptors (Lipinski definition) is 3. The highest BCUT2D eigenvalue weighted by Gasteiger charge is 2.14. The summed E-state index contributed by atoms with van der Waals surface area (Å²) < 4.78 is 5.54. The van der Waals surface area contributed by atoms with E-state index in [1.54, 1.807) is 6.07 Å². The van der Waals surface area contributed by atoms with Crippen molar-refractivity contribution in [2.24, 2.45) is 0 Å². The van der Waals surface area contributed by atoms with Gasteiger partial charge in [0.05, 0.1) is 6.54 Å². The molecular weight excluding hydrogens is 254 g/mol. The van der Waals surface area contributed by atoms with E-state index in [1.165, 1.54) is 12.8 Å². The number of rotatable bonds is 4. The molecule has 20 heavy (non-hydrogen) atoms. The lowest BCUT2D eigenvalue weighted by atomic mass is 10.2. The van der Waals surface area contributed by atoms with Crippen molar-refractivity contribution >= 4 is 11.7 Å². The molecule has 2 rings (SSSR count). The van der Waals surface area contributed by atoms with Gasteiger partial charge in [-0.2, -0.15) is 0 Å². The van der Waals surface area contributed by atoms with Crippen LogP contribution >= 0.6 is 0 Å². The number of nitrogen functional groups attached to an aromatic ring is 1. The van der Waals surface area contributed by atoms with Crippen LogP contribution in [-0.4, -0.2) is 37.2 Å². The van der Waals surface area contributed by atoms with Crippen molar-refractivity contribution in [3.63, 3.8) is 0 Å². The number of carbonyl (C=O) groups is 1. The van der Waals surface area contributed by atoms with Crippen LogP contribution < -0.4 is 15.8 Å². The average molecular weight is 277 g/mol. The van der Waals surface area contributed by atoms with Gasteiger partial charge in [0.1, 0.15) is 12.4 Å². The second-order valence-corrected chi connectivity index (χ2v) is 5.05. The number of ether oxygens (including phenoxy) is 1. The van der Waals surface area contributed by atoms with Gasteiger partial charge >= 0.3 is 6.03 Å². The smallest absolute Gasteiger partial charge is 0.317 e. The number of nitrogens with two attached hydrogens (primary N) is 1. The quantitative estimate of drug-likeness (QED) is 0.655. The van der Waals surface area contributed by atoms with Gasteiger partial charge in [-0.15, -0.1) is 0 Å². The minimum Gasteiger partial charge on any atom is -0.492 e. The fraction of sp³-hybridized carbons (Fsp3) is 0.533. The zero-order valence-corrected chi connectivity index (χ0v) is 11.8. The third-order valence-electron chi connectivity index (χ3n) is 3.40. The van der Waals surface area contributed by atoms with Gasteiger partial charge in [0.25, 0.3) is 0 Å². The minimum atomic E-state index is 0.0167. The Morgan fingerprint density at radius 1 is 1.25 bits per heavy atom. The Kier molecular flexibility index (Phi) is 5.53. The first-order chi connectivity index (χ1) is 9.75. The number of nitrogens with zero attached hydrogens (tertiary/aromatic N) is 1. The Balaban J connectivity index is 1.66. The van der Waals surface area contributed by atoms with E-state index in [2.05, 4.69) is 5.32 Å². The van der Waals surface area contributed by atoms with Gasteiger partial charge < -0.3 is 20.7 Å². The van der Waals surface area contributed by atoms with Crippen molar-refractivity contribution in [3.05, 3.63) is 24.3 Å². The predicted molar refractivity (Wildman–Crippen MR) is 79.8 cm³/mol. The van der Waals surface area contributed by atoms with E-state index in [1.807, 2.05) is 23.1 Å². The predicted octanol–water partition coefficient (Wildman–Crippen LogP) is 2.23. The normalized spacial score (nSPS) is 15.5. The third-order valence-corrected chi connectivity index (χ3v) is 3.40. The topological polar surface area (TPSA) is 67.6 Å². The van der Waals surface area contributed by atoms with E-state index >= 15 is 0 Å². The second kappa shape index (κ2) is 7.62. The minimum absolute atomic E-state index is 0.0167. The lowest BCUT2D eigenvalue weighted by Gasteiger charge is -2.20. The summed E-state index contributed by atoms with van der Waals surface area (Å²) >= 11 is 0. The van der Waals surface area contributed by atoms with Crippen molar-refractivity contribution in [2.75, 3.05) is 32.0 Å². The fourth-order valence-corrected chi connectivity index (χ4v) is 2.32. The molecule has 1 fully saturated rings. The van der Waals surface area contributed by atoms with Crippen molar-refractivity contribution in [2.45, 2.75) is 25.7 Å². The van der Waals surface area contributed by atoms with E-state index in [9.17, 15) is 4.79 Å². The van der Waals surface area contributed by atoms with E-state index in [4.69, 9.17) is 10.5 Å². The molecule has 0 bridgehead atoms. The number of likely N-dealkylation sites (tertiary alicyclic amines) is 1. The Labute approximate surface area is 120 Å². The van der Waals surface area contributed by atoms with Crippen LogP contribution in [0.5, 0.6) is 5.75 Å². The molecule has 1 aliphatic heterocycles. The zero-order chi connectivity index (χ0) is 14.2. The van der Waals surface area contributed by atoms with Gasteiger partial charge in [0, 0.05) is 24.8 Å². The number of amides is 2. The summed E-state index contributed by atoms with van der Waals surface area (Å²) in [6.07, 6.45) is 4.66. The fourth-order valence-electron chi connectivity index (χ4n) is 2.32. The van der Waals surface area contributed by atoms with Crippen LogP contribution in [-0.2, 0) is 0 Å². The first-order valence-corrected chi connectivity index (χ1v) is 7.27. The van der Waals surface area contributed by atoms with Crippen LogP contribution in [0.1, 0.15) is 25.7 Å². The maximum atomic E-state index is 12.0.